The number of allylic oxidation sites excluding steroid dienone is 2. The van der Waals surface area contributed by atoms with Gasteiger partial charge in [-0.1, -0.05) is 18.6 Å². The van der Waals surface area contributed by atoms with Crippen molar-refractivity contribution in [2.75, 3.05) is 6.61 Å². The Balaban J connectivity index is 1.40. The summed E-state index contributed by atoms with van der Waals surface area (Å²) in [5.41, 5.74) is 2.74. The molecule has 4 aliphatic carbocycles. The van der Waals surface area contributed by atoms with Crippen molar-refractivity contribution in [3.8, 4) is 0 Å². The van der Waals surface area contributed by atoms with E-state index in [2.05, 4.69) is 19.9 Å². The maximum absolute atomic E-state index is 5.83. The van der Waals surface area contributed by atoms with Crippen LogP contribution in [-0.2, 0) is 4.74 Å². The third-order valence-corrected chi connectivity index (χ3v) is 8.84. The second-order valence-electron chi connectivity index (χ2n) is 9.46. The molecule has 7 atom stereocenters. The van der Waals surface area contributed by atoms with Gasteiger partial charge >= 0.3 is 0 Å². The second-order valence-corrected chi connectivity index (χ2v) is 9.46. The molecule has 122 valence electrons. The van der Waals surface area contributed by atoms with Crippen LogP contribution in [0, 0.1) is 35.0 Å². The predicted octanol–water partition coefficient (Wildman–Crippen LogP) is 5.35. The molecular weight excluding hydrogens is 268 g/mol. The highest BCUT2D eigenvalue weighted by Gasteiger charge is 2.58. The molecule has 1 heteroatoms. The minimum Gasteiger partial charge on any atom is -0.370 e. The maximum Gasteiger partial charge on any atom is 0.0919 e. The van der Waals surface area contributed by atoms with E-state index in [0.29, 0.717) is 11.0 Å². The number of hydrogen-bond acceptors (Lipinski definition) is 1. The van der Waals surface area contributed by atoms with Crippen LogP contribution in [0.1, 0.15) is 71.6 Å². The molecular formula is C21H32O. The lowest BCUT2D eigenvalue weighted by molar-refractivity contribution is -0.0518. The average Bonchev–Trinajstić information content (AvgIpc) is 3.17. The maximum atomic E-state index is 5.83. The lowest BCUT2D eigenvalue weighted by Crippen LogP contribution is -2.48. The predicted molar refractivity (Wildman–Crippen MR) is 89.6 cm³/mol. The summed E-state index contributed by atoms with van der Waals surface area (Å²) in [6.07, 6.45) is 15.6. The van der Waals surface area contributed by atoms with Crippen molar-refractivity contribution in [3.63, 3.8) is 0 Å². The average molecular weight is 300 g/mol. The first-order valence-electron chi connectivity index (χ1n) is 9.95. The van der Waals surface area contributed by atoms with E-state index >= 15 is 0 Å². The van der Waals surface area contributed by atoms with Crippen molar-refractivity contribution in [1.82, 2.24) is 0 Å². The van der Waals surface area contributed by atoms with Crippen LogP contribution in [0.3, 0.4) is 0 Å². The van der Waals surface area contributed by atoms with Gasteiger partial charge in [0.05, 0.1) is 12.2 Å². The van der Waals surface area contributed by atoms with E-state index in [1.54, 1.807) is 5.57 Å². The van der Waals surface area contributed by atoms with Crippen LogP contribution in [0.2, 0.25) is 0 Å². The lowest BCUT2D eigenvalue weighted by atomic mass is 9.50. The molecule has 5 fully saturated rings. The highest BCUT2D eigenvalue weighted by Crippen LogP contribution is 2.65. The van der Waals surface area contributed by atoms with E-state index < -0.39 is 0 Å². The van der Waals surface area contributed by atoms with Gasteiger partial charge in [0.25, 0.3) is 0 Å². The molecule has 0 bridgehead atoms. The third-order valence-electron chi connectivity index (χ3n) is 8.84. The Kier molecular flexibility index (Phi) is 2.96. The lowest BCUT2D eigenvalue weighted by Gasteiger charge is -2.55. The number of rotatable bonds is 0. The summed E-state index contributed by atoms with van der Waals surface area (Å²) >= 11 is 0. The molecule has 0 radical (unpaired) electrons. The normalized spacial score (nSPS) is 58.3. The smallest absolute Gasteiger partial charge is 0.0919 e. The summed E-state index contributed by atoms with van der Waals surface area (Å²) in [7, 11) is 0. The van der Waals surface area contributed by atoms with Crippen LogP contribution in [-0.4, -0.2) is 12.2 Å². The molecule has 0 N–H and O–H groups in total. The van der Waals surface area contributed by atoms with Crippen molar-refractivity contribution < 1.29 is 4.74 Å². The Morgan fingerprint density at radius 3 is 2.59 bits per heavy atom. The van der Waals surface area contributed by atoms with Gasteiger partial charge in [-0.3, -0.25) is 0 Å². The fraction of sp³-hybridized carbons (Fsp3) is 0.905. The number of hydrogen-bond donors (Lipinski definition) is 0. The number of epoxide rings is 1. The van der Waals surface area contributed by atoms with Crippen LogP contribution in [0.15, 0.2) is 11.6 Å². The molecule has 1 saturated heterocycles. The summed E-state index contributed by atoms with van der Waals surface area (Å²) in [5, 5.41) is 0. The van der Waals surface area contributed by atoms with Crippen LogP contribution >= 0.6 is 0 Å². The monoisotopic (exact) mass is 300 g/mol. The molecule has 0 aromatic heterocycles. The van der Waals surface area contributed by atoms with Crippen LogP contribution in [0.25, 0.3) is 0 Å². The minimum absolute atomic E-state index is 0.378. The van der Waals surface area contributed by atoms with E-state index in [-0.39, 0.29) is 0 Å². The van der Waals surface area contributed by atoms with Gasteiger partial charge in [-0.05, 0) is 99.7 Å². The first kappa shape index (κ1) is 14.1. The molecule has 22 heavy (non-hydrogen) atoms. The van der Waals surface area contributed by atoms with Crippen LogP contribution in [0.4, 0.5) is 0 Å². The van der Waals surface area contributed by atoms with Gasteiger partial charge in [-0.25, -0.2) is 0 Å². The highest BCUT2D eigenvalue weighted by atomic mass is 16.6. The quantitative estimate of drug-likeness (QED) is 0.434. The van der Waals surface area contributed by atoms with Gasteiger partial charge in [-0.15, -0.1) is 0 Å². The largest absolute Gasteiger partial charge is 0.370 e. The van der Waals surface area contributed by atoms with Crippen molar-refractivity contribution in [2.45, 2.75) is 77.2 Å². The Hall–Kier alpha value is -0.300. The Labute approximate surface area is 135 Å². The standard InChI is InChI=1S/C21H32O/c1-3-15-5-7-19-18-6-4-14-12-21(13-22-21)11-9-16(14)17(18)8-10-20(15,19)2/h3,14,16-19H,4-13H2,1-2H3/b15-3-/t14-,16-,17+,18+,19-,20+,21?/m0/s1. The Morgan fingerprint density at radius 1 is 1.00 bits per heavy atom. The molecule has 0 aromatic rings. The molecule has 4 saturated carbocycles. The van der Waals surface area contributed by atoms with Crippen molar-refractivity contribution >= 4 is 0 Å². The van der Waals surface area contributed by atoms with E-state index in [1.165, 1.54) is 57.8 Å². The molecule has 0 aromatic carbocycles. The Morgan fingerprint density at radius 2 is 1.82 bits per heavy atom. The van der Waals surface area contributed by atoms with Gasteiger partial charge in [0.1, 0.15) is 0 Å². The number of fused-ring (bicyclic) bond motifs is 5. The molecule has 1 nitrogen and oxygen atoms in total. The zero-order chi connectivity index (χ0) is 14.9. The van der Waals surface area contributed by atoms with E-state index in [9.17, 15) is 0 Å². The molecule has 1 heterocycles. The minimum atomic E-state index is 0.378. The molecule has 1 spiro atoms. The SMILES string of the molecule is C/C=C1/CC[C@H]2[C@@H]3CC[C@H]4CC5(CC[C@@H]4[C@H]3CC[C@]12C)CO5. The summed E-state index contributed by atoms with van der Waals surface area (Å²) in [6, 6.07) is 0. The van der Waals surface area contributed by atoms with Gasteiger partial charge in [-0.2, -0.15) is 0 Å². The Bertz CT molecular complexity index is 502. The van der Waals surface area contributed by atoms with Gasteiger partial charge in [0.2, 0.25) is 0 Å². The molecule has 0 amide bonds. The van der Waals surface area contributed by atoms with Crippen LogP contribution < -0.4 is 0 Å². The summed E-state index contributed by atoms with van der Waals surface area (Å²) in [5.74, 6) is 5.17. The first-order valence-corrected chi connectivity index (χ1v) is 9.95. The molecule has 1 unspecified atom stereocenters. The van der Waals surface area contributed by atoms with Gasteiger partial charge in [0, 0.05) is 0 Å². The molecule has 5 rings (SSSR count). The van der Waals surface area contributed by atoms with E-state index in [1.807, 2.05) is 0 Å². The zero-order valence-corrected chi connectivity index (χ0v) is 14.4. The fourth-order valence-corrected chi connectivity index (χ4v) is 7.63. The van der Waals surface area contributed by atoms with Crippen LogP contribution in [0.5, 0.6) is 0 Å². The van der Waals surface area contributed by atoms with E-state index in [4.69, 9.17) is 4.74 Å². The van der Waals surface area contributed by atoms with E-state index in [0.717, 1.165) is 36.2 Å². The van der Waals surface area contributed by atoms with Crippen molar-refractivity contribution in [2.24, 2.45) is 35.0 Å². The van der Waals surface area contributed by atoms with Crippen molar-refractivity contribution in [1.29, 1.82) is 0 Å². The summed E-state index contributed by atoms with van der Waals surface area (Å²) in [6.45, 7) is 5.97. The van der Waals surface area contributed by atoms with Crippen molar-refractivity contribution in [3.05, 3.63) is 11.6 Å². The third kappa shape index (κ3) is 1.81. The second kappa shape index (κ2) is 4.62. The topological polar surface area (TPSA) is 12.5 Å². The summed E-state index contributed by atoms with van der Waals surface area (Å²) in [4.78, 5) is 0. The number of ether oxygens (including phenoxy) is 1. The molecule has 1 aliphatic heterocycles. The van der Waals surface area contributed by atoms with Gasteiger partial charge < -0.3 is 4.74 Å². The molecule has 5 aliphatic rings. The summed E-state index contributed by atoms with van der Waals surface area (Å²) < 4.78 is 5.83. The first-order chi connectivity index (χ1) is 10.7. The highest BCUT2D eigenvalue weighted by molar-refractivity contribution is 5.23. The van der Waals surface area contributed by atoms with Gasteiger partial charge in [0.15, 0.2) is 0 Å². The fourth-order valence-electron chi connectivity index (χ4n) is 7.63. The zero-order valence-electron chi connectivity index (χ0n) is 14.4.